The first-order valence-corrected chi connectivity index (χ1v) is 10.0. The molecule has 7 heteroatoms. The average Bonchev–Trinajstić information content (AvgIpc) is 2.65. The summed E-state index contributed by atoms with van der Waals surface area (Å²) in [5.41, 5.74) is 0.713. The van der Waals surface area contributed by atoms with Crippen LogP contribution in [0.25, 0.3) is 10.9 Å². The Bertz CT molecular complexity index is 921. The van der Waals surface area contributed by atoms with Crippen molar-refractivity contribution in [1.29, 1.82) is 0 Å². The standard InChI is InChI=1S/C20H27N3O3S/c1-14-13-26-15(2)12-23(14)18(24)10-4-3-7-11-22-19(25)16-8-5-6-9-17(16)21-20(22)27/h5-6,8-9,14-15H,3-4,7,10-13H2,1-2H3,(H,21,27). The highest BCUT2D eigenvalue weighted by atomic mass is 32.1. The number of H-pyrrole nitrogens is 1. The van der Waals surface area contributed by atoms with Crippen LogP contribution in [0.15, 0.2) is 29.1 Å². The van der Waals surface area contributed by atoms with Gasteiger partial charge in [0.25, 0.3) is 5.56 Å². The van der Waals surface area contributed by atoms with Crippen LogP contribution >= 0.6 is 12.2 Å². The number of unbranched alkanes of at least 4 members (excludes halogenated alkanes) is 2. The Kier molecular flexibility index (Phi) is 6.44. The van der Waals surface area contributed by atoms with Crippen LogP contribution in [-0.4, -0.2) is 45.7 Å². The van der Waals surface area contributed by atoms with Crippen molar-refractivity contribution in [3.05, 3.63) is 39.4 Å². The Morgan fingerprint density at radius 1 is 1.26 bits per heavy atom. The first kappa shape index (κ1) is 19.8. The molecule has 1 aromatic carbocycles. The fraction of sp³-hybridized carbons (Fsp3) is 0.550. The van der Waals surface area contributed by atoms with E-state index >= 15 is 0 Å². The first-order valence-electron chi connectivity index (χ1n) is 9.60. The Balaban J connectivity index is 1.51. The summed E-state index contributed by atoms with van der Waals surface area (Å²) in [5, 5.41) is 0.650. The Labute approximate surface area is 164 Å². The first-order chi connectivity index (χ1) is 13.0. The molecule has 2 atom stereocenters. The van der Waals surface area contributed by atoms with Crippen LogP contribution in [0.3, 0.4) is 0 Å². The highest BCUT2D eigenvalue weighted by Crippen LogP contribution is 2.14. The van der Waals surface area contributed by atoms with Crippen molar-refractivity contribution in [3.63, 3.8) is 0 Å². The lowest BCUT2D eigenvalue weighted by molar-refractivity contribution is -0.143. The molecule has 1 N–H and O–H groups in total. The summed E-state index contributed by atoms with van der Waals surface area (Å²) in [5.74, 6) is 0.192. The van der Waals surface area contributed by atoms with Gasteiger partial charge in [-0.25, -0.2) is 0 Å². The number of hydrogen-bond donors (Lipinski definition) is 1. The third kappa shape index (κ3) is 4.65. The normalized spacial score (nSPS) is 20.1. The number of benzene rings is 1. The van der Waals surface area contributed by atoms with Crippen LogP contribution in [0.5, 0.6) is 0 Å². The highest BCUT2D eigenvalue weighted by Gasteiger charge is 2.26. The largest absolute Gasteiger partial charge is 0.375 e. The van der Waals surface area contributed by atoms with Gasteiger partial charge in [0.15, 0.2) is 4.77 Å². The number of hydrogen-bond acceptors (Lipinski definition) is 4. The van der Waals surface area contributed by atoms with E-state index in [0.717, 1.165) is 24.8 Å². The Morgan fingerprint density at radius 3 is 2.85 bits per heavy atom. The van der Waals surface area contributed by atoms with Crippen molar-refractivity contribution >= 4 is 29.0 Å². The molecule has 2 heterocycles. The summed E-state index contributed by atoms with van der Waals surface area (Å²) in [6.45, 7) is 5.87. The number of aromatic amines is 1. The molecule has 1 aliphatic rings. The van der Waals surface area contributed by atoms with Crippen molar-refractivity contribution in [2.75, 3.05) is 13.2 Å². The highest BCUT2D eigenvalue weighted by molar-refractivity contribution is 7.71. The van der Waals surface area contributed by atoms with E-state index in [0.29, 0.717) is 36.3 Å². The summed E-state index contributed by atoms with van der Waals surface area (Å²) < 4.78 is 7.64. The van der Waals surface area contributed by atoms with E-state index in [1.165, 1.54) is 0 Å². The van der Waals surface area contributed by atoms with E-state index in [9.17, 15) is 9.59 Å². The van der Waals surface area contributed by atoms with Gasteiger partial charge in [0.2, 0.25) is 5.91 Å². The summed E-state index contributed by atoms with van der Waals surface area (Å²) in [7, 11) is 0. The molecule has 146 valence electrons. The van der Waals surface area contributed by atoms with Gasteiger partial charge in [-0.2, -0.15) is 0 Å². The predicted octanol–water partition coefficient (Wildman–Crippen LogP) is 3.26. The molecule has 0 radical (unpaired) electrons. The lowest BCUT2D eigenvalue weighted by Crippen LogP contribution is -2.50. The average molecular weight is 390 g/mol. The van der Waals surface area contributed by atoms with Gasteiger partial charge in [0, 0.05) is 19.5 Å². The lowest BCUT2D eigenvalue weighted by atomic mass is 10.1. The van der Waals surface area contributed by atoms with Gasteiger partial charge in [-0.05, 0) is 51.0 Å². The minimum absolute atomic E-state index is 0.0541. The van der Waals surface area contributed by atoms with Crippen molar-refractivity contribution in [3.8, 4) is 0 Å². The summed E-state index contributed by atoms with van der Waals surface area (Å²) in [4.78, 5) is 30.1. The van der Waals surface area contributed by atoms with E-state index in [1.807, 2.05) is 43.0 Å². The van der Waals surface area contributed by atoms with E-state index in [4.69, 9.17) is 17.0 Å². The molecule has 0 bridgehead atoms. The quantitative estimate of drug-likeness (QED) is 0.608. The molecule has 1 aliphatic heterocycles. The van der Waals surface area contributed by atoms with Gasteiger partial charge in [0.05, 0.1) is 29.7 Å². The molecule has 1 saturated heterocycles. The molecular formula is C20H27N3O3S. The van der Waals surface area contributed by atoms with Gasteiger partial charge < -0.3 is 14.6 Å². The zero-order valence-electron chi connectivity index (χ0n) is 15.9. The van der Waals surface area contributed by atoms with Crippen molar-refractivity contribution < 1.29 is 9.53 Å². The van der Waals surface area contributed by atoms with Crippen LogP contribution in [0.2, 0.25) is 0 Å². The number of nitrogens with one attached hydrogen (secondary N) is 1. The minimum atomic E-state index is -0.0541. The monoisotopic (exact) mass is 389 g/mol. The summed E-state index contributed by atoms with van der Waals surface area (Å²) in [6, 6.07) is 7.54. The molecular weight excluding hydrogens is 362 g/mol. The number of carbonyl (C=O) groups is 1. The maximum atomic E-state index is 12.6. The summed E-state index contributed by atoms with van der Waals surface area (Å²) >= 11 is 5.33. The maximum absolute atomic E-state index is 12.6. The van der Waals surface area contributed by atoms with Gasteiger partial charge in [-0.3, -0.25) is 14.2 Å². The Morgan fingerprint density at radius 2 is 2.04 bits per heavy atom. The molecule has 1 amide bonds. The molecule has 2 unspecified atom stereocenters. The van der Waals surface area contributed by atoms with Crippen molar-refractivity contribution in [1.82, 2.24) is 14.5 Å². The number of carbonyl (C=O) groups excluding carboxylic acids is 1. The third-order valence-corrected chi connectivity index (χ3v) is 5.41. The SMILES string of the molecule is CC1CN(C(=O)CCCCCn2c(=S)[nH]c3ccccc3c2=O)C(C)CO1. The zero-order valence-corrected chi connectivity index (χ0v) is 16.8. The molecule has 0 aliphatic carbocycles. The smallest absolute Gasteiger partial charge is 0.262 e. The predicted molar refractivity (Wildman–Crippen MR) is 108 cm³/mol. The number of morpholine rings is 1. The molecule has 3 rings (SSSR count). The zero-order chi connectivity index (χ0) is 19.4. The minimum Gasteiger partial charge on any atom is -0.375 e. The second kappa shape index (κ2) is 8.80. The molecule has 1 fully saturated rings. The molecule has 27 heavy (non-hydrogen) atoms. The van der Waals surface area contributed by atoms with E-state index in [-0.39, 0.29) is 23.6 Å². The second-order valence-corrected chi connectivity index (χ2v) is 7.67. The van der Waals surface area contributed by atoms with Crippen LogP contribution in [-0.2, 0) is 16.1 Å². The second-order valence-electron chi connectivity index (χ2n) is 7.28. The number of ether oxygens (including phenoxy) is 1. The number of para-hydroxylation sites is 1. The summed E-state index contributed by atoms with van der Waals surface area (Å²) in [6.07, 6.45) is 3.16. The van der Waals surface area contributed by atoms with Crippen LogP contribution in [0.1, 0.15) is 39.5 Å². The van der Waals surface area contributed by atoms with Crippen molar-refractivity contribution in [2.45, 2.75) is 58.2 Å². The molecule has 0 spiro atoms. The number of amides is 1. The van der Waals surface area contributed by atoms with Gasteiger partial charge >= 0.3 is 0 Å². The number of aromatic nitrogens is 2. The topological polar surface area (TPSA) is 67.3 Å². The van der Waals surface area contributed by atoms with Gasteiger partial charge in [0.1, 0.15) is 0 Å². The number of fused-ring (bicyclic) bond motifs is 1. The molecule has 0 saturated carbocycles. The van der Waals surface area contributed by atoms with Gasteiger partial charge in [-0.15, -0.1) is 0 Å². The van der Waals surface area contributed by atoms with Crippen LogP contribution < -0.4 is 5.56 Å². The molecule has 1 aromatic heterocycles. The van der Waals surface area contributed by atoms with Crippen LogP contribution in [0, 0.1) is 4.77 Å². The molecule has 6 nitrogen and oxygen atoms in total. The maximum Gasteiger partial charge on any atom is 0.262 e. The Hall–Kier alpha value is -1.99. The van der Waals surface area contributed by atoms with Crippen LogP contribution in [0.4, 0.5) is 0 Å². The van der Waals surface area contributed by atoms with E-state index in [2.05, 4.69) is 4.98 Å². The van der Waals surface area contributed by atoms with E-state index < -0.39 is 0 Å². The lowest BCUT2D eigenvalue weighted by Gasteiger charge is -2.36. The third-order valence-electron chi connectivity index (χ3n) is 5.09. The van der Waals surface area contributed by atoms with E-state index in [1.54, 1.807) is 4.57 Å². The van der Waals surface area contributed by atoms with Crippen molar-refractivity contribution in [2.24, 2.45) is 0 Å². The molecule has 2 aromatic rings. The fourth-order valence-electron chi connectivity index (χ4n) is 3.52. The number of rotatable bonds is 6. The number of nitrogens with zero attached hydrogens (tertiary/aromatic N) is 2. The van der Waals surface area contributed by atoms with Gasteiger partial charge in [-0.1, -0.05) is 18.6 Å². The fourth-order valence-corrected chi connectivity index (χ4v) is 3.80.